The molecule has 0 spiro atoms. The van der Waals surface area contributed by atoms with Gasteiger partial charge in [0.2, 0.25) is 0 Å². The van der Waals surface area contributed by atoms with E-state index >= 15 is 0 Å². The van der Waals surface area contributed by atoms with Crippen LogP contribution in [0.4, 0.5) is 0 Å². The molecule has 0 bridgehead atoms. The average Bonchev–Trinajstić information content (AvgIpc) is 3.35. The maximum atomic E-state index is 12.3. The third kappa shape index (κ3) is 2.69. The molecule has 1 aliphatic carbocycles. The van der Waals surface area contributed by atoms with Gasteiger partial charge in [-0.1, -0.05) is 12.8 Å². The number of Topliss-reactive ketones (excluding diaryl/α,β-unsaturated/α-hetero) is 1. The van der Waals surface area contributed by atoms with Gasteiger partial charge in [-0.3, -0.25) is 9.48 Å². The van der Waals surface area contributed by atoms with Gasteiger partial charge in [0.1, 0.15) is 11.7 Å². The molecule has 8 nitrogen and oxygen atoms in total. The van der Waals surface area contributed by atoms with Crippen LogP contribution in [0.3, 0.4) is 0 Å². The highest BCUT2D eigenvalue weighted by Crippen LogP contribution is 2.35. The van der Waals surface area contributed by atoms with Gasteiger partial charge in [-0.15, -0.1) is 0 Å². The lowest BCUT2D eigenvalue weighted by Crippen LogP contribution is -2.27. The number of aromatic nitrogens is 5. The summed E-state index contributed by atoms with van der Waals surface area (Å²) in [5.74, 6) is -0.0396. The summed E-state index contributed by atoms with van der Waals surface area (Å²) >= 11 is 0. The topological polar surface area (TPSA) is 120 Å². The van der Waals surface area contributed by atoms with Crippen LogP contribution in [0.15, 0.2) is 29.5 Å². The predicted molar refractivity (Wildman–Crippen MR) is 92.7 cm³/mol. The van der Waals surface area contributed by atoms with Crippen LogP contribution in [0.1, 0.15) is 31.7 Å². The number of nitrogens with one attached hydrogen (secondary N) is 3. The summed E-state index contributed by atoms with van der Waals surface area (Å²) in [6.45, 7) is 0. The molecule has 3 aromatic rings. The van der Waals surface area contributed by atoms with Crippen LogP contribution in [-0.4, -0.2) is 36.7 Å². The summed E-state index contributed by atoms with van der Waals surface area (Å²) in [5.41, 5.74) is 1.40. The van der Waals surface area contributed by atoms with E-state index in [2.05, 4.69) is 20.1 Å². The van der Waals surface area contributed by atoms with Crippen LogP contribution in [0, 0.1) is 11.3 Å². The van der Waals surface area contributed by atoms with Crippen molar-refractivity contribution in [1.82, 2.24) is 24.7 Å². The Bertz CT molecular complexity index is 992. The number of carbonyl (C=O) groups excluding carboxylic acids is 1. The number of aromatic amines is 2. The highest BCUT2D eigenvalue weighted by atomic mass is 16.1. The van der Waals surface area contributed by atoms with Gasteiger partial charge in [0.25, 0.3) is 0 Å². The largest absolute Gasteiger partial charge is 0.347 e. The predicted octanol–water partition coefficient (Wildman–Crippen LogP) is 2.06. The molecular formula is C17H18N6O2. The molecule has 1 fully saturated rings. The lowest BCUT2D eigenvalue weighted by atomic mass is 9.95. The highest BCUT2D eigenvalue weighted by Gasteiger charge is 2.31. The zero-order valence-electron chi connectivity index (χ0n) is 13.5. The van der Waals surface area contributed by atoms with Crippen molar-refractivity contribution in [2.45, 2.75) is 31.7 Å². The van der Waals surface area contributed by atoms with E-state index in [9.17, 15) is 9.59 Å². The molecule has 8 heteroatoms. The standard InChI is InChI=1S/C17H18N6O2/c18-7-13(24)15(10-3-1-2-4-10)23-9-11(8-20-23)14-12-5-6-19-16(12)22-17(25)21-14/h5-10,15,18H,1-4H2,(H2,19,21,22,25). The summed E-state index contributed by atoms with van der Waals surface area (Å²) in [6, 6.07) is 1.38. The lowest BCUT2D eigenvalue weighted by Gasteiger charge is -2.20. The molecule has 3 aromatic heterocycles. The van der Waals surface area contributed by atoms with Crippen LogP contribution in [0.2, 0.25) is 0 Å². The van der Waals surface area contributed by atoms with Crippen LogP contribution < -0.4 is 5.69 Å². The van der Waals surface area contributed by atoms with Crippen LogP contribution in [-0.2, 0) is 4.79 Å². The number of rotatable bonds is 5. The van der Waals surface area contributed by atoms with Crippen LogP contribution in [0.5, 0.6) is 0 Å². The maximum absolute atomic E-state index is 12.3. The molecule has 0 aromatic carbocycles. The van der Waals surface area contributed by atoms with E-state index in [1.54, 1.807) is 23.3 Å². The van der Waals surface area contributed by atoms with E-state index in [1.165, 1.54) is 0 Å². The van der Waals surface area contributed by atoms with Gasteiger partial charge in [0.15, 0.2) is 5.78 Å². The molecule has 0 amide bonds. The van der Waals surface area contributed by atoms with E-state index in [0.717, 1.165) is 37.3 Å². The third-order valence-corrected chi connectivity index (χ3v) is 4.90. The van der Waals surface area contributed by atoms with E-state index in [4.69, 9.17) is 5.41 Å². The molecule has 1 saturated carbocycles. The van der Waals surface area contributed by atoms with Gasteiger partial charge in [-0.25, -0.2) is 4.79 Å². The molecule has 1 atom stereocenters. The number of hydrogen-bond acceptors (Lipinski definition) is 5. The Morgan fingerprint density at radius 2 is 2.20 bits per heavy atom. The van der Waals surface area contributed by atoms with Crippen molar-refractivity contribution < 1.29 is 4.79 Å². The minimum atomic E-state index is -0.455. The molecular weight excluding hydrogens is 320 g/mol. The fraction of sp³-hybridized carbons (Fsp3) is 0.353. The second kappa shape index (κ2) is 6.12. The van der Waals surface area contributed by atoms with Crippen molar-refractivity contribution >= 4 is 23.0 Å². The van der Waals surface area contributed by atoms with E-state index in [0.29, 0.717) is 16.9 Å². The van der Waals surface area contributed by atoms with Crippen LogP contribution >= 0.6 is 0 Å². The zero-order valence-corrected chi connectivity index (χ0v) is 13.5. The number of hydrogen-bond donors (Lipinski definition) is 3. The normalized spacial score (nSPS) is 16.3. The Kier molecular flexibility index (Phi) is 3.79. The average molecular weight is 338 g/mol. The van der Waals surface area contributed by atoms with Gasteiger partial charge in [-0.2, -0.15) is 10.1 Å². The first-order valence-corrected chi connectivity index (χ1v) is 8.33. The molecule has 0 aliphatic heterocycles. The van der Waals surface area contributed by atoms with Crippen LogP contribution in [0.25, 0.3) is 22.3 Å². The first kappa shape index (κ1) is 15.5. The molecule has 0 saturated heterocycles. The SMILES string of the molecule is N=CC(=O)C(C1CCCC1)n1cc(-c2[nH]c(=O)nc3[nH]ccc23)cn1. The van der Waals surface area contributed by atoms with Crippen molar-refractivity contribution in [3.8, 4) is 11.3 Å². The number of fused-ring (bicyclic) bond motifs is 1. The molecule has 3 heterocycles. The Morgan fingerprint density at radius 1 is 1.40 bits per heavy atom. The van der Waals surface area contributed by atoms with Crippen molar-refractivity contribution in [2.24, 2.45) is 5.92 Å². The molecule has 1 aliphatic rings. The molecule has 1 unspecified atom stereocenters. The minimum Gasteiger partial charge on any atom is -0.346 e. The molecule has 0 radical (unpaired) electrons. The molecule has 25 heavy (non-hydrogen) atoms. The van der Waals surface area contributed by atoms with Crippen molar-refractivity contribution in [1.29, 1.82) is 5.41 Å². The zero-order chi connectivity index (χ0) is 17.4. The quantitative estimate of drug-likeness (QED) is 0.617. The third-order valence-electron chi connectivity index (χ3n) is 4.90. The molecule has 128 valence electrons. The smallest absolute Gasteiger partial charge is 0.346 e. The van der Waals surface area contributed by atoms with E-state index < -0.39 is 11.7 Å². The summed E-state index contributed by atoms with van der Waals surface area (Å²) < 4.78 is 1.63. The second-order valence-corrected chi connectivity index (χ2v) is 6.40. The van der Waals surface area contributed by atoms with E-state index in [1.807, 2.05) is 6.07 Å². The summed E-state index contributed by atoms with van der Waals surface area (Å²) in [7, 11) is 0. The fourth-order valence-electron chi connectivity index (χ4n) is 3.74. The molecule has 4 rings (SSSR count). The summed E-state index contributed by atoms with van der Waals surface area (Å²) in [4.78, 5) is 33.6. The highest BCUT2D eigenvalue weighted by molar-refractivity contribution is 6.28. The number of ketones is 1. The monoisotopic (exact) mass is 338 g/mol. The second-order valence-electron chi connectivity index (χ2n) is 6.40. The summed E-state index contributed by atoms with van der Waals surface area (Å²) in [5, 5.41) is 12.5. The number of nitrogens with zero attached hydrogens (tertiary/aromatic N) is 3. The fourth-order valence-corrected chi connectivity index (χ4v) is 3.74. The van der Waals surface area contributed by atoms with Crippen molar-refractivity contribution in [3.63, 3.8) is 0 Å². The summed E-state index contributed by atoms with van der Waals surface area (Å²) in [6.07, 6.45) is 10.1. The van der Waals surface area contributed by atoms with Gasteiger partial charge in [0.05, 0.1) is 18.1 Å². The first-order chi connectivity index (χ1) is 12.2. The first-order valence-electron chi connectivity index (χ1n) is 8.33. The van der Waals surface area contributed by atoms with E-state index in [-0.39, 0.29) is 11.7 Å². The number of carbonyl (C=O) groups is 1. The van der Waals surface area contributed by atoms with Gasteiger partial charge >= 0.3 is 5.69 Å². The Hall–Kier alpha value is -3.03. The maximum Gasteiger partial charge on any atom is 0.347 e. The Labute approximate surface area is 142 Å². The lowest BCUT2D eigenvalue weighted by molar-refractivity contribution is -0.117. The molecule has 3 N–H and O–H groups in total. The van der Waals surface area contributed by atoms with Crippen molar-refractivity contribution in [2.75, 3.05) is 0 Å². The number of H-pyrrole nitrogens is 2. The van der Waals surface area contributed by atoms with Gasteiger partial charge in [0, 0.05) is 23.3 Å². The minimum absolute atomic E-state index is 0.200. The van der Waals surface area contributed by atoms with Gasteiger partial charge < -0.3 is 15.4 Å². The Balaban J connectivity index is 1.77. The Morgan fingerprint density at radius 3 is 2.96 bits per heavy atom. The van der Waals surface area contributed by atoms with Gasteiger partial charge in [-0.05, 0) is 24.8 Å². The van der Waals surface area contributed by atoms with Crippen molar-refractivity contribution in [3.05, 3.63) is 35.1 Å².